The van der Waals surface area contributed by atoms with Crippen LogP contribution in [0.4, 0.5) is 0 Å². The van der Waals surface area contributed by atoms with E-state index in [1.807, 2.05) is 38.3 Å². The third-order valence-electron chi connectivity index (χ3n) is 2.88. The predicted molar refractivity (Wildman–Crippen MR) is 80.0 cm³/mol. The molecule has 0 atom stereocenters. The number of thiophene rings is 1. The van der Waals surface area contributed by atoms with E-state index in [1.54, 1.807) is 16.2 Å². The van der Waals surface area contributed by atoms with E-state index < -0.39 is 5.97 Å². The monoisotopic (exact) mass is 298 g/mol. The molecule has 1 rings (SSSR count). The Bertz CT molecular complexity index is 438. The molecule has 6 heteroatoms. The molecule has 2 N–H and O–H groups in total. The number of carboxylic acid groups (broad SMARTS) is 1. The molecule has 20 heavy (non-hydrogen) atoms. The summed E-state index contributed by atoms with van der Waals surface area (Å²) in [6.07, 6.45) is 0.803. The van der Waals surface area contributed by atoms with Gasteiger partial charge in [-0.05, 0) is 38.6 Å². The van der Waals surface area contributed by atoms with E-state index in [9.17, 15) is 9.59 Å². The predicted octanol–water partition coefficient (Wildman–Crippen LogP) is 1.59. The molecule has 1 aromatic rings. The second-order valence-electron chi connectivity index (χ2n) is 5.60. The van der Waals surface area contributed by atoms with Crippen LogP contribution in [0.3, 0.4) is 0 Å². The van der Waals surface area contributed by atoms with Crippen LogP contribution in [0.5, 0.6) is 0 Å². The fourth-order valence-corrected chi connectivity index (χ4v) is 2.41. The van der Waals surface area contributed by atoms with Crippen molar-refractivity contribution >= 4 is 23.2 Å². The van der Waals surface area contributed by atoms with Gasteiger partial charge in [-0.15, -0.1) is 11.3 Å². The molecule has 0 saturated heterocycles. The lowest BCUT2D eigenvalue weighted by atomic mass is 10.1. The van der Waals surface area contributed by atoms with Gasteiger partial charge in [0.05, 0.1) is 13.1 Å². The van der Waals surface area contributed by atoms with Gasteiger partial charge in [0.1, 0.15) is 0 Å². The molecule has 0 radical (unpaired) electrons. The second-order valence-corrected chi connectivity index (χ2v) is 6.63. The summed E-state index contributed by atoms with van der Waals surface area (Å²) >= 11 is 1.66. The highest BCUT2D eigenvalue weighted by Crippen LogP contribution is 2.12. The van der Waals surface area contributed by atoms with E-state index >= 15 is 0 Å². The zero-order chi connectivity index (χ0) is 15.2. The highest BCUT2D eigenvalue weighted by molar-refractivity contribution is 7.09. The average molecular weight is 298 g/mol. The zero-order valence-electron chi connectivity index (χ0n) is 12.2. The lowest BCUT2D eigenvalue weighted by Gasteiger charge is -2.33. The quantitative estimate of drug-likeness (QED) is 0.802. The van der Waals surface area contributed by atoms with Gasteiger partial charge in [-0.1, -0.05) is 6.07 Å². The van der Waals surface area contributed by atoms with Gasteiger partial charge in [0.15, 0.2) is 0 Å². The Morgan fingerprint density at radius 1 is 1.35 bits per heavy atom. The van der Waals surface area contributed by atoms with Gasteiger partial charge < -0.3 is 10.4 Å². The molecule has 0 fully saturated rings. The highest BCUT2D eigenvalue weighted by Gasteiger charge is 2.25. The van der Waals surface area contributed by atoms with Gasteiger partial charge in [-0.25, -0.2) is 0 Å². The molecule has 1 heterocycles. The van der Waals surface area contributed by atoms with Crippen LogP contribution >= 0.6 is 11.3 Å². The third-order valence-corrected chi connectivity index (χ3v) is 3.82. The van der Waals surface area contributed by atoms with Crippen molar-refractivity contribution in [2.24, 2.45) is 0 Å². The summed E-state index contributed by atoms with van der Waals surface area (Å²) in [7, 11) is 0. The number of aliphatic carboxylic acids is 1. The smallest absolute Gasteiger partial charge is 0.317 e. The number of carbonyl (C=O) groups excluding carboxylic acids is 1. The maximum atomic E-state index is 11.9. The normalized spacial score (nSPS) is 11.6. The molecule has 0 saturated carbocycles. The Balaban J connectivity index is 2.39. The van der Waals surface area contributed by atoms with Crippen molar-refractivity contribution in [1.29, 1.82) is 0 Å². The van der Waals surface area contributed by atoms with Crippen molar-refractivity contribution in [3.63, 3.8) is 0 Å². The molecule has 0 aliphatic rings. The second kappa shape index (κ2) is 7.40. The van der Waals surface area contributed by atoms with Gasteiger partial charge in [0.2, 0.25) is 5.91 Å². The third kappa shape index (κ3) is 6.16. The summed E-state index contributed by atoms with van der Waals surface area (Å²) < 4.78 is 0. The van der Waals surface area contributed by atoms with Crippen LogP contribution in [-0.4, -0.2) is 47.1 Å². The van der Waals surface area contributed by atoms with Crippen molar-refractivity contribution in [3.05, 3.63) is 22.4 Å². The Morgan fingerprint density at radius 3 is 2.55 bits per heavy atom. The largest absolute Gasteiger partial charge is 0.480 e. The molecule has 0 bridgehead atoms. The summed E-state index contributed by atoms with van der Waals surface area (Å²) in [6, 6.07) is 4.01. The molecule has 5 nitrogen and oxygen atoms in total. The van der Waals surface area contributed by atoms with Crippen molar-refractivity contribution in [1.82, 2.24) is 10.2 Å². The first-order valence-electron chi connectivity index (χ1n) is 6.55. The van der Waals surface area contributed by atoms with E-state index in [0.717, 1.165) is 6.42 Å². The minimum atomic E-state index is -0.925. The first-order valence-corrected chi connectivity index (χ1v) is 7.43. The van der Waals surface area contributed by atoms with Crippen LogP contribution in [0.15, 0.2) is 17.5 Å². The van der Waals surface area contributed by atoms with Gasteiger partial charge in [0, 0.05) is 17.0 Å². The van der Waals surface area contributed by atoms with Gasteiger partial charge in [-0.3, -0.25) is 14.5 Å². The number of hydrogen-bond acceptors (Lipinski definition) is 4. The van der Waals surface area contributed by atoms with Crippen molar-refractivity contribution < 1.29 is 14.7 Å². The molecule has 112 valence electrons. The van der Waals surface area contributed by atoms with Crippen LogP contribution in [0.25, 0.3) is 0 Å². The zero-order valence-corrected chi connectivity index (χ0v) is 13.0. The number of carboxylic acids is 1. The van der Waals surface area contributed by atoms with E-state index in [1.165, 1.54) is 4.88 Å². The molecular weight excluding hydrogens is 276 g/mol. The molecule has 0 spiro atoms. The summed E-state index contributed by atoms with van der Waals surface area (Å²) in [5.74, 6) is -1.07. The van der Waals surface area contributed by atoms with Crippen LogP contribution < -0.4 is 5.32 Å². The number of amides is 1. The minimum Gasteiger partial charge on any atom is -0.480 e. The van der Waals surface area contributed by atoms with Crippen LogP contribution in [0.1, 0.15) is 25.6 Å². The van der Waals surface area contributed by atoms with Crippen molar-refractivity contribution in [2.45, 2.75) is 32.7 Å². The highest BCUT2D eigenvalue weighted by atomic mass is 32.1. The Kier molecular flexibility index (Phi) is 6.16. The van der Waals surface area contributed by atoms with E-state index in [0.29, 0.717) is 6.54 Å². The lowest BCUT2D eigenvalue weighted by Crippen LogP contribution is -2.49. The number of nitrogens with zero attached hydrogens (tertiary/aromatic N) is 1. The van der Waals surface area contributed by atoms with Gasteiger partial charge in [0.25, 0.3) is 0 Å². The summed E-state index contributed by atoms with van der Waals surface area (Å²) in [4.78, 5) is 25.6. The first kappa shape index (κ1) is 16.7. The van der Waals surface area contributed by atoms with Gasteiger partial charge >= 0.3 is 5.97 Å². The van der Waals surface area contributed by atoms with E-state index in [4.69, 9.17) is 5.11 Å². The average Bonchev–Trinajstić information content (AvgIpc) is 2.79. The van der Waals surface area contributed by atoms with Gasteiger partial charge in [-0.2, -0.15) is 0 Å². The summed E-state index contributed by atoms with van der Waals surface area (Å²) in [5, 5.41) is 13.7. The van der Waals surface area contributed by atoms with Crippen molar-refractivity contribution in [3.8, 4) is 0 Å². The first-order chi connectivity index (χ1) is 9.29. The lowest BCUT2D eigenvalue weighted by molar-refractivity contribution is -0.140. The molecule has 0 aliphatic heterocycles. The van der Waals surface area contributed by atoms with E-state index in [2.05, 4.69) is 5.32 Å². The molecule has 0 aliphatic carbocycles. The Labute approximate surface area is 123 Å². The van der Waals surface area contributed by atoms with E-state index in [-0.39, 0.29) is 24.5 Å². The molecule has 1 aromatic heterocycles. The number of nitrogens with one attached hydrogen (secondary N) is 1. The molecular formula is C14H22N2O3S. The van der Waals surface area contributed by atoms with Crippen LogP contribution in [-0.2, 0) is 16.0 Å². The summed E-state index contributed by atoms with van der Waals surface area (Å²) in [6.45, 7) is 6.23. The Morgan fingerprint density at radius 2 is 2.05 bits per heavy atom. The van der Waals surface area contributed by atoms with Crippen LogP contribution in [0.2, 0.25) is 0 Å². The fourth-order valence-electron chi connectivity index (χ4n) is 1.70. The standard InChI is InChI=1S/C14H22N2O3S/c1-14(2,3)16(10-13(18)19)9-12(17)15-7-6-11-5-4-8-20-11/h4-5,8H,6-7,9-10H2,1-3H3,(H,15,17)(H,18,19). The molecule has 1 amide bonds. The molecule has 0 aromatic carbocycles. The maximum Gasteiger partial charge on any atom is 0.317 e. The van der Waals surface area contributed by atoms with Crippen molar-refractivity contribution in [2.75, 3.05) is 19.6 Å². The Hall–Kier alpha value is -1.40. The van der Waals surface area contributed by atoms with Crippen LogP contribution in [0, 0.1) is 0 Å². The fraction of sp³-hybridized carbons (Fsp3) is 0.571. The topological polar surface area (TPSA) is 69.6 Å². The SMILES string of the molecule is CC(C)(C)N(CC(=O)O)CC(=O)NCCc1cccs1. The minimum absolute atomic E-state index is 0.0975. The summed E-state index contributed by atoms with van der Waals surface area (Å²) in [5.41, 5.74) is -0.358. The molecule has 0 unspecified atom stereocenters. The number of carbonyl (C=O) groups is 2. The maximum absolute atomic E-state index is 11.9. The number of hydrogen-bond donors (Lipinski definition) is 2. The number of rotatable bonds is 7.